The van der Waals surface area contributed by atoms with Crippen molar-refractivity contribution in [3.05, 3.63) is 35.9 Å². The Hall–Kier alpha value is -1.10. The van der Waals surface area contributed by atoms with Gasteiger partial charge in [0.2, 0.25) is 0 Å². The molecule has 2 bridgehead atoms. The lowest BCUT2D eigenvalue weighted by Gasteiger charge is -2.36. The minimum Gasteiger partial charge on any atom is -0.378 e. The summed E-state index contributed by atoms with van der Waals surface area (Å²) in [6, 6.07) is 10.5. The Morgan fingerprint density at radius 2 is 1.81 bits per heavy atom. The zero-order chi connectivity index (χ0) is 14.1. The van der Waals surface area contributed by atoms with Gasteiger partial charge in [0.1, 0.15) is 0 Å². The first-order chi connectivity index (χ1) is 9.65. The largest absolute Gasteiger partial charge is 0.378 e. The number of fused-ring (bicyclic) bond motifs is 2. The number of hydrogen-bond donors (Lipinski definition) is 2. The Kier molecular flexibility index (Phi) is 5.25. The summed E-state index contributed by atoms with van der Waals surface area (Å²) >= 11 is 0. The van der Waals surface area contributed by atoms with E-state index in [1.807, 2.05) is 25.2 Å². The number of carbonyl (C=O) groups is 1. The molecule has 2 saturated heterocycles. The number of nitrogens with one attached hydrogen (secondary N) is 1. The van der Waals surface area contributed by atoms with Gasteiger partial charge in [-0.3, -0.25) is 4.79 Å². The van der Waals surface area contributed by atoms with Gasteiger partial charge < -0.3 is 15.3 Å². The summed E-state index contributed by atoms with van der Waals surface area (Å²) in [5.74, 6) is -0.192. The molecule has 2 fully saturated rings. The lowest BCUT2D eigenvalue weighted by molar-refractivity contribution is -0.142. The van der Waals surface area contributed by atoms with E-state index in [0.717, 1.165) is 12.8 Å². The average Bonchev–Trinajstić information content (AvgIpc) is 2.84. The van der Waals surface area contributed by atoms with Gasteiger partial charge in [0.05, 0.1) is 0 Å². The molecule has 0 radical (unpaired) electrons. The second-order valence-corrected chi connectivity index (χ2v) is 6.03. The minimum absolute atomic E-state index is 0. The van der Waals surface area contributed by atoms with Crippen molar-refractivity contribution in [3.63, 3.8) is 0 Å². The maximum absolute atomic E-state index is 12.4. The molecule has 5 heteroatoms. The van der Waals surface area contributed by atoms with Gasteiger partial charge >= 0.3 is 0 Å². The van der Waals surface area contributed by atoms with Crippen LogP contribution in [0.25, 0.3) is 0 Å². The van der Waals surface area contributed by atoms with Gasteiger partial charge in [0.15, 0.2) is 6.10 Å². The summed E-state index contributed by atoms with van der Waals surface area (Å²) in [5.41, 5.74) is 0.668. The topological polar surface area (TPSA) is 52.6 Å². The van der Waals surface area contributed by atoms with Crippen molar-refractivity contribution in [1.29, 1.82) is 0 Å². The zero-order valence-electron chi connectivity index (χ0n) is 12.2. The molecule has 1 aromatic rings. The molecule has 2 N–H and O–H groups in total. The van der Waals surface area contributed by atoms with Crippen LogP contribution in [0.15, 0.2) is 30.3 Å². The summed E-state index contributed by atoms with van der Waals surface area (Å²) in [4.78, 5) is 14.2. The maximum atomic E-state index is 12.4. The van der Waals surface area contributed by atoms with E-state index in [-0.39, 0.29) is 24.4 Å². The highest BCUT2D eigenvalue weighted by Crippen LogP contribution is 2.30. The predicted octanol–water partition coefficient (Wildman–Crippen LogP) is 1.88. The van der Waals surface area contributed by atoms with Crippen LogP contribution in [0.5, 0.6) is 0 Å². The molecule has 0 aliphatic carbocycles. The lowest BCUT2D eigenvalue weighted by atomic mass is 9.97. The Labute approximate surface area is 131 Å². The van der Waals surface area contributed by atoms with E-state index < -0.39 is 6.10 Å². The number of amides is 1. The Balaban J connectivity index is 0.00000161. The molecule has 2 heterocycles. The summed E-state index contributed by atoms with van der Waals surface area (Å²) in [6.07, 6.45) is 3.38. The molecular weight excluding hydrogens is 288 g/mol. The standard InChI is InChI=1S/C16H22N2O2.ClH/c1-18(14-9-12-7-8-13(10-14)17-12)16(20)15(19)11-5-3-2-4-6-11;/h2-6,12-15,17,19H,7-10H2,1H3;1H. The third-order valence-corrected chi connectivity index (χ3v) is 4.69. The monoisotopic (exact) mass is 310 g/mol. The second-order valence-electron chi connectivity index (χ2n) is 6.03. The normalized spacial score (nSPS) is 28.6. The van der Waals surface area contributed by atoms with Crippen LogP contribution < -0.4 is 5.32 Å². The van der Waals surface area contributed by atoms with E-state index in [9.17, 15) is 9.90 Å². The average molecular weight is 311 g/mol. The zero-order valence-corrected chi connectivity index (χ0v) is 13.1. The minimum atomic E-state index is -1.05. The van der Waals surface area contributed by atoms with Gasteiger partial charge in [-0.1, -0.05) is 30.3 Å². The maximum Gasteiger partial charge on any atom is 0.256 e. The number of aliphatic hydroxyl groups excluding tert-OH is 1. The third-order valence-electron chi connectivity index (χ3n) is 4.69. The Bertz CT molecular complexity index is 470. The molecular formula is C16H23ClN2O2. The number of rotatable bonds is 3. The van der Waals surface area contributed by atoms with Gasteiger partial charge in [-0.2, -0.15) is 0 Å². The van der Waals surface area contributed by atoms with Crippen molar-refractivity contribution >= 4 is 18.3 Å². The molecule has 0 saturated carbocycles. The van der Waals surface area contributed by atoms with Gasteiger partial charge in [-0.05, 0) is 31.2 Å². The van der Waals surface area contributed by atoms with Crippen molar-refractivity contribution in [2.24, 2.45) is 0 Å². The summed E-state index contributed by atoms with van der Waals surface area (Å²) in [7, 11) is 1.82. The second kappa shape index (κ2) is 6.77. The number of carbonyl (C=O) groups excluding carboxylic acids is 1. The fourth-order valence-corrected chi connectivity index (χ4v) is 3.49. The highest BCUT2D eigenvalue weighted by molar-refractivity contribution is 5.85. The van der Waals surface area contributed by atoms with Crippen molar-refractivity contribution < 1.29 is 9.90 Å². The Morgan fingerprint density at radius 3 is 2.38 bits per heavy atom. The molecule has 4 nitrogen and oxygen atoms in total. The van der Waals surface area contributed by atoms with E-state index >= 15 is 0 Å². The van der Waals surface area contributed by atoms with Crippen molar-refractivity contribution in [2.75, 3.05) is 7.05 Å². The molecule has 2 aliphatic rings. The highest BCUT2D eigenvalue weighted by Gasteiger charge is 2.37. The molecule has 3 rings (SSSR count). The van der Waals surface area contributed by atoms with Crippen LogP contribution in [-0.2, 0) is 4.79 Å². The van der Waals surface area contributed by atoms with Gasteiger partial charge in [0.25, 0.3) is 5.91 Å². The van der Waals surface area contributed by atoms with Crippen LogP contribution in [0.1, 0.15) is 37.4 Å². The van der Waals surface area contributed by atoms with Gasteiger partial charge in [-0.15, -0.1) is 12.4 Å². The number of nitrogens with zero attached hydrogens (tertiary/aromatic N) is 1. The molecule has 3 atom stereocenters. The molecule has 0 spiro atoms. The Morgan fingerprint density at radius 1 is 1.24 bits per heavy atom. The highest BCUT2D eigenvalue weighted by atomic mass is 35.5. The molecule has 3 unspecified atom stereocenters. The number of benzene rings is 1. The van der Waals surface area contributed by atoms with E-state index in [1.54, 1.807) is 17.0 Å². The van der Waals surface area contributed by atoms with Crippen molar-refractivity contribution in [2.45, 2.75) is 49.9 Å². The van der Waals surface area contributed by atoms with Crippen LogP contribution in [0, 0.1) is 0 Å². The number of hydrogen-bond acceptors (Lipinski definition) is 3. The molecule has 21 heavy (non-hydrogen) atoms. The quantitative estimate of drug-likeness (QED) is 0.896. The summed E-state index contributed by atoms with van der Waals surface area (Å²) < 4.78 is 0. The fourth-order valence-electron chi connectivity index (χ4n) is 3.49. The third kappa shape index (κ3) is 3.39. The fraction of sp³-hybridized carbons (Fsp3) is 0.562. The molecule has 2 aliphatic heterocycles. The van der Waals surface area contributed by atoms with Crippen LogP contribution >= 0.6 is 12.4 Å². The van der Waals surface area contributed by atoms with Crippen LogP contribution in [-0.4, -0.2) is 41.1 Å². The summed E-state index contributed by atoms with van der Waals surface area (Å²) in [6.45, 7) is 0. The molecule has 1 amide bonds. The van der Waals surface area contributed by atoms with E-state index in [1.165, 1.54) is 12.8 Å². The van der Waals surface area contributed by atoms with E-state index in [2.05, 4.69) is 5.32 Å². The first-order valence-corrected chi connectivity index (χ1v) is 7.41. The van der Waals surface area contributed by atoms with Crippen molar-refractivity contribution in [1.82, 2.24) is 10.2 Å². The number of likely N-dealkylation sites (N-methyl/N-ethyl adjacent to an activating group) is 1. The van der Waals surface area contributed by atoms with E-state index in [4.69, 9.17) is 0 Å². The number of piperidine rings is 1. The van der Waals surface area contributed by atoms with Crippen LogP contribution in [0.3, 0.4) is 0 Å². The molecule has 1 aromatic carbocycles. The van der Waals surface area contributed by atoms with Crippen molar-refractivity contribution in [3.8, 4) is 0 Å². The first kappa shape index (κ1) is 16.3. The molecule has 116 valence electrons. The van der Waals surface area contributed by atoms with Crippen LogP contribution in [0.4, 0.5) is 0 Å². The SMILES string of the molecule is CN(C(=O)C(O)c1ccccc1)C1CC2CCC(C1)N2.Cl. The smallest absolute Gasteiger partial charge is 0.256 e. The lowest BCUT2D eigenvalue weighted by Crippen LogP contribution is -2.49. The summed E-state index contributed by atoms with van der Waals surface area (Å²) in [5, 5.41) is 13.8. The van der Waals surface area contributed by atoms with Gasteiger partial charge in [0, 0.05) is 25.2 Å². The first-order valence-electron chi connectivity index (χ1n) is 7.41. The number of halogens is 1. The number of aliphatic hydroxyl groups is 1. The van der Waals surface area contributed by atoms with Crippen LogP contribution in [0.2, 0.25) is 0 Å². The predicted molar refractivity (Wildman–Crippen MR) is 84.4 cm³/mol. The molecule has 0 aromatic heterocycles. The van der Waals surface area contributed by atoms with E-state index in [0.29, 0.717) is 17.6 Å². The van der Waals surface area contributed by atoms with Gasteiger partial charge in [-0.25, -0.2) is 0 Å².